The van der Waals surface area contributed by atoms with Crippen LogP contribution in [0, 0.1) is 0 Å². The molecular weight excluding hydrogens is 171 g/mol. The molecule has 0 saturated carbocycles. The Hall–Kier alpha value is -0.860. The Morgan fingerprint density at radius 2 is 2.08 bits per heavy atom. The van der Waals surface area contributed by atoms with E-state index in [1.54, 1.807) is 0 Å². The highest BCUT2D eigenvalue weighted by Crippen LogP contribution is 2.01. The zero-order chi connectivity index (χ0) is 10.1. The minimum atomic E-state index is -0.826. The number of carbonyl (C=O) groups is 1. The van der Waals surface area contributed by atoms with E-state index in [1.165, 1.54) is 0 Å². The van der Waals surface area contributed by atoms with Crippen LogP contribution in [0.25, 0.3) is 0 Å². The van der Waals surface area contributed by atoms with Crippen molar-refractivity contribution in [1.82, 2.24) is 0 Å². The van der Waals surface area contributed by atoms with Crippen LogP contribution in [0.1, 0.15) is 32.6 Å². The zero-order valence-corrected chi connectivity index (χ0v) is 8.14. The van der Waals surface area contributed by atoms with Crippen LogP contribution < -0.4 is 0 Å². The molecule has 0 bridgehead atoms. The van der Waals surface area contributed by atoms with Crippen LogP contribution in [-0.4, -0.2) is 19.3 Å². The standard InChI is InChI=1S/C10H17FO2/c1-3-4-5-6-7-13-10(12)9(2)8-11/h2-8H2,1H3. The van der Waals surface area contributed by atoms with Crippen molar-refractivity contribution in [2.75, 3.05) is 13.3 Å². The summed E-state index contributed by atoms with van der Waals surface area (Å²) in [6.07, 6.45) is 4.18. The lowest BCUT2D eigenvalue weighted by Crippen LogP contribution is -2.09. The topological polar surface area (TPSA) is 26.3 Å². The number of ether oxygens (including phenoxy) is 1. The molecule has 0 spiro atoms. The number of halogens is 1. The summed E-state index contributed by atoms with van der Waals surface area (Å²) in [5.74, 6) is -0.612. The Bertz CT molecular complexity index is 166. The minimum Gasteiger partial charge on any atom is -0.462 e. The summed E-state index contributed by atoms with van der Waals surface area (Å²) in [6.45, 7) is 4.89. The zero-order valence-electron chi connectivity index (χ0n) is 8.14. The van der Waals surface area contributed by atoms with Gasteiger partial charge in [-0.15, -0.1) is 0 Å². The molecule has 0 aromatic carbocycles. The molecule has 0 aliphatic carbocycles. The second kappa shape index (κ2) is 7.77. The molecule has 0 unspecified atom stereocenters. The summed E-state index contributed by atoms with van der Waals surface area (Å²) in [5, 5.41) is 0. The molecule has 13 heavy (non-hydrogen) atoms. The van der Waals surface area contributed by atoms with Crippen molar-refractivity contribution in [1.29, 1.82) is 0 Å². The van der Waals surface area contributed by atoms with Crippen LogP contribution in [0.2, 0.25) is 0 Å². The Morgan fingerprint density at radius 1 is 1.38 bits per heavy atom. The molecule has 0 aliphatic heterocycles. The lowest BCUT2D eigenvalue weighted by atomic mass is 10.2. The highest BCUT2D eigenvalue weighted by Gasteiger charge is 2.06. The summed E-state index contributed by atoms with van der Waals surface area (Å²) >= 11 is 0. The van der Waals surface area contributed by atoms with E-state index in [1.807, 2.05) is 0 Å². The SMILES string of the molecule is C=C(CF)C(=O)OCCCCCC. The molecule has 0 fully saturated rings. The maximum absolute atomic E-state index is 11.9. The van der Waals surface area contributed by atoms with Gasteiger partial charge in [0, 0.05) is 0 Å². The highest BCUT2D eigenvalue weighted by atomic mass is 19.1. The minimum absolute atomic E-state index is 0.101. The van der Waals surface area contributed by atoms with Gasteiger partial charge in [-0.2, -0.15) is 0 Å². The van der Waals surface area contributed by atoms with Crippen molar-refractivity contribution in [3.63, 3.8) is 0 Å². The van der Waals surface area contributed by atoms with Crippen molar-refractivity contribution in [2.45, 2.75) is 32.6 Å². The first-order valence-corrected chi connectivity index (χ1v) is 4.63. The molecule has 2 nitrogen and oxygen atoms in total. The van der Waals surface area contributed by atoms with Crippen LogP contribution >= 0.6 is 0 Å². The molecule has 0 amide bonds. The Morgan fingerprint density at radius 3 is 2.62 bits per heavy atom. The van der Waals surface area contributed by atoms with Crippen LogP contribution in [0.15, 0.2) is 12.2 Å². The van der Waals surface area contributed by atoms with E-state index in [-0.39, 0.29) is 5.57 Å². The Balaban J connectivity index is 3.32. The third-order valence-electron chi connectivity index (χ3n) is 1.68. The van der Waals surface area contributed by atoms with Gasteiger partial charge in [0.25, 0.3) is 0 Å². The number of rotatable bonds is 7. The summed E-state index contributed by atoms with van der Waals surface area (Å²) in [4.78, 5) is 10.8. The number of hydrogen-bond donors (Lipinski definition) is 0. The second-order valence-electron chi connectivity index (χ2n) is 2.93. The summed E-state index contributed by atoms with van der Waals surface area (Å²) in [5.41, 5.74) is -0.101. The van der Waals surface area contributed by atoms with E-state index >= 15 is 0 Å². The summed E-state index contributed by atoms with van der Waals surface area (Å²) in [7, 11) is 0. The quantitative estimate of drug-likeness (QED) is 0.349. The van der Waals surface area contributed by atoms with Crippen LogP contribution in [0.5, 0.6) is 0 Å². The van der Waals surface area contributed by atoms with Gasteiger partial charge in [-0.25, -0.2) is 9.18 Å². The maximum Gasteiger partial charge on any atom is 0.336 e. The van der Waals surface area contributed by atoms with Gasteiger partial charge in [0.05, 0.1) is 12.2 Å². The molecule has 0 atom stereocenters. The van der Waals surface area contributed by atoms with Gasteiger partial charge in [-0.1, -0.05) is 32.8 Å². The molecule has 0 aromatic rings. The fourth-order valence-corrected chi connectivity index (χ4v) is 0.850. The van der Waals surface area contributed by atoms with Crippen molar-refractivity contribution in [3.8, 4) is 0 Å². The third-order valence-corrected chi connectivity index (χ3v) is 1.68. The molecule has 0 saturated heterocycles. The largest absolute Gasteiger partial charge is 0.462 e. The Labute approximate surface area is 78.8 Å². The van der Waals surface area contributed by atoms with Gasteiger partial charge < -0.3 is 4.74 Å². The van der Waals surface area contributed by atoms with E-state index in [4.69, 9.17) is 4.74 Å². The average Bonchev–Trinajstić information content (AvgIpc) is 2.16. The number of carbonyl (C=O) groups excluding carboxylic acids is 1. The summed E-state index contributed by atoms with van der Waals surface area (Å²) < 4.78 is 16.6. The van der Waals surface area contributed by atoms with Crippen molar-refractivity contribution in [3.05, 3.63) is 12.2 Å². The first-order chi connectivity index (χ1) is 6.22. The first-order valence-electron chi connectivity index (χ1n) is 4.63. The Kier molecular flexibility index (Phi) is 7.26. The molecule has 76 valence electrons. The van der Waals surface area contributed by atoms with E-state index in [0.717, 1.165) is 25.7 Å². The average molecular weight is 188 g/mol. The summed E-state index contributed by atoms with van der Waals surface area (Å²) in [6, 6.07) is 0. The molecule has 0 N–H and O–H groups in total. The molecule has 0 rings (SSSR count). The molecule has 0 aromatic heterocycles. The molecule has 0 radical (unpaired) electrons. The molecular formula is C10H17FO2. The number of hydrogen-bond acceptors (Lipinski definition) is 2. The van der Waals surface area contributed by atoms with Gasteiger partial charge in [-0.3, -0.25) is 0 Å². The van der Waals surface area contributed by atoms with Gasteiger partial charge in [0.1, 0.15) is 6.67 Å². The monoisotopic (exact) mass is 188 g/mol. The molecule has 0 heterocycles. The first kappa shape index (κ1) is 12.1. The molecule has 0 aliphatic rings. The van der Waals surface area contributed by atoms with Gasteiger partial charge >= 0.3 is 5.97 Å². The van der Waals surface area contributed by atoms with Gasteiger partial charge in [0.15, 0.2) is 0 Å². The highest BCUT2D eigenvalue weighted by molar-refractivity contribution is 5.87. The number of unbranched alkanes of at least 4 members (excludes halogenated alkanes) is 3. The fourth-order valence-electron chi connectivity index (χ4n) is 0.850. The van der Waals surface area contributed by atoms with Crippen LogP contribution in [0.3, 0.4) is 0 Å². The van der Waals surface area contributed by atoms with Gasteiger partial charge in [0.2, 0.25) is 0 Å². The predicted octanol–water partition coefficient (Wildman–Crippen LogP) is 2.64. The maximum atomic E-state index is 11.9. The van der Waals surface area contributed by atoms with Crippen molar-refractivity contribution < 1.29 is 13.9 Å². The van der Waals surface area contributed by atoms with Crippen LogP contribution in [-0.2, 0) is 9.53 Å². The van der Waals surface area contributed by atoms with E-state index in [2.05, 4.69) is 13.5 Å². The lowest BCUT2D eigenvalue weighted by Gasteiger charge is -2.03. The van der Waals surface area contributed by atoms with E-state index in [0.29, 0.717) is 6.61 Å². The number of alkyl halides is 1. The third kappa shape index (κ3) is 6.31. The van der Waals surface area contributed by atoms with Crippen molar-refractivity contribution in [2.24, 2.45) is 0 Å². The fraction of sp³-hybridized carbons (Fsp3) is 0.700. The normalized spacial score (nSPS) is 9.69. The van der Waals surface area contributed by atoms with Gasteiger partial charge in [-0.05, 0) is 6.42 Å². The second-order valence-corrected chi connectivity index (χ2v) is 2.93. The number of esters is 1. The lowest BCUT2D eigenvalue weighted by molar-refractivity contribution is -0.139. The van der Waals surface area contributed by atoms with E-state index < -0.39 is 12.6 Å². The molecule has 3 heteroatoms. The predicted molar refractivity (Wildman–Crippen MR) is 50.2 cm³/mol. The van der Waals surface area contributed by atoms with Crippen LogP contribution in [0.4, 0.5) is 4.39 Å². The smallest absolute Gasteiger partial charge is 0.336 e. The van der Waals surface area contributed by atoms with Crippen molar-refractivity contribution >= 4 is 5.97 Å². The van der Waals surface area contributed by atoms with E-state index in [9.17, 15) is 9.18 Å².